The predicted octanol–water partition coefficient (Wildman–Crippen LogP) is 25.6. The third kappa shape index (κ3) is 10.7. The first-order valence-corrected chi connectivity index (χ1v) is 38.7. The zero-order valence-electron chi connectivity index (χ0n) is 64.8. The van der Waals surface area contributed by atoms with Crippen LogP contribution in [0.1, 0.15) is 182 Å². The van der Waals surface area contributed by atoms with Crippen LogP contribution in [0.25, 0.3) is 88.4 Å². The molecule has 0 spiro atoms. The lowest BCUT2D eigenvalue weighted by molar-refractivity contribution is 0.332. The maximum Gasteiger partial charge on any atom is 0.252 e. The van der Waals surface area contributed by atoms with Crippen molar-refractivity contribution in [2.24, 2.45) is 0 Å². The molecule has 0 N–H and O–H groups in total. The largest absolute Gasteiger partial charge is 0.311 e. The van der Waals surface area contributed by atoms with Crippen molar-refractivity contribution in [1.29, 1.82) is 0 Å². The Hall–Kier alpha value is -10.1. The summed E-state index contributed by atoms with van der Waals surface area (Å²) >= 11 is 0. The van der Waals surface area contributed by atoms with E-state index in [0.29, 0.717) is 0 Å². The van der Waals surface area contributed by atoms with Crippen molar-refractivity contribution in [3.63, 3.8) is 0 Å². The molecule has 4 aliphatic rings. The van der Waals surface area contributed by atoms with Crippen molar-refractivity contribution in [1.82, 2.24) is 9.13 Å². The van der Waals surface area contributed by atoms with Crippen molar-refractivity contribution >= 4 is 101 Å². The summed E-state index contributed by atoms with van der Waals surface area (Å²) in [5.74, 6) is 0. The summed E-state index contributed by atoms with van der Waals surface area (Å²) in [6.45, 7) is 40.2. The summed E-state index contributed by atoms with van der Waals surface area (Å²) < 4.78 is 5.06. The van der Waals surface area contributed by atoms with Gasteiger partial charge < -0.3 is 18.9 Å². The minimum Gasteiger partial charge on any atom is -0.311 e. The second-order valence-electron chi connectivity index (χ2n) is 37.2. The Morgan fingerprint density at radius 3 is 1.00 bits per heavy atom. The monoisotopic (exact) mass is 1370 g/mol. The van der Waals surface area contributed by atoms with Crippen molar-refractivity contribution in [2.45, 2.75) is 181 Å². The van der Waals surface area contributed by atoms with Crippen LogP contribution in [0.3, 0.4) is 0 Å². The molecule has 4 heterocycles. The van der Waals surface area contributed by atoms with Crippen molar-refractivity contribution in [3.05, 3.63) is 282 Å². The lowest BCUT2D eigenvalue weighted by Gasteiger charge is -2.44. The molecule has 0 amide bonds. The number of aromatic nitrogens is 2. The van der Waals surface area contributed by atoms with Gasteiger partial charge in [0, 0.05) is 67.0 Å². The molecule has 2 aliphatic heterocycles. The minimum atomic E-state index is -0.155. The second kappa shape index (κ2) is 23.2. The van der Waals surface area contributed by atoms with Gasteiger partial charge in [0.05, 0.1) is 22.1 Å². The Morgan fingerprint density at radius 2 is 0.600 bits per heavy atom. The van der Waals surface area contributed by atoms with E-state index < -0.39 is 0 Å². The molecule has 0 saturated carbocycles. The van der Waals surface area contributed by atoms with Crippen LogP contribution in [0.4, 0.5) is 34.1 Å². The van der Waals surface area contributed by atoms with E-state index in [1.54, 1.807) is 0 Å². The van der Waals surface area contributed by atoms with Gasteiger partial charge in [-0.05, 0) is 249 Å². The summed E-state index contributed by atoms with van der Waals surface area (Å²) in [7, 11) is 0. The number of para-hydroxylation sites is 2. The van der Waals surface area contributed by atoms with Crippen molar-refractivity contribution in [3.8, 4) is 44.8 Å². The Balaban J connectivity index is 0.908. The molecule has 0 fully saturated rings. The van der Waals surface area contributed by atoms with E-state index in [1.807, 2.05) is 0 Å². The van der Waals surface area contributed by atoms with E-state index in [4.69, 9.17) is 0 Å². The fourth-order valence-electron chi connectivity index (χ4n) is 18.7. The van der Waals surface area contributed by atoms with E-state index in [0.717, 1.165) is 22.7 Å². The highest BCUT2D eigenvalue weighted by Gasteiger charge is 2.45. The SMILES string of the molecule is CC(C)(C)c1ccc(-c2cc3c4c(c2)N(c2ccc(-c5ccc6c(c5)C(C)(C)CCC6(C)C)cc2)c2cc(-n5c6ccccc6c6cc(C(C)(C)C)ccc65)ccc2B4c2ccc(-n4c5ccccc5c5cc(C(C)(C)C)ccc54)cc2N3c2ccc(-c3ccc4c(c3)C(C)(C)CCC4(C)C)cc2)cc1. The van der Waals surface area contributed by atoms with Crippen LogP contribution in [0.15, 0.2) is 243 Å². The van der Waals surface area contributed by atoms with Gasteiger partial charge >= 0.3 is 0 Å². The summed E-state index contributed by atoms with van der Waals surface area (Å²) in [6.07, 6.45) is 4.72. The minimum absolute atomic E-state index is 0.0146. The lowest BCUT2D eigenvalue weighted by atomic mass is 9.33. The molecule has 0 bridgehead atoms. The lowest BCUT2D eigenvalue weighted by Crippen LogP contribution is -2.61. The van der Waals surface area contributed by atoms with Crippen LogP contribution in [0.2, 0.25) is 0 Å². The molecule has 0 saturated heterocycles. The zero-order chi connectivity index (χ0) is 73.0. The molecular weight excluding hydrogens is 1270 g/mol. The molecule has 522 valence electrons. The molecule has 0 atom stereocenters. The molecule has 2 aromatic heterocycles. The van der Waals surface area contributed by atoms with Crippen LogP contribution in [-0.4, -0.2) is 15.8 Å². The van der Waals surface area contributed by atoms with E-state index in [1.165, 1.54) is 181 Å². The molecule has 105 heavy (non-hydrogen) atoms. The highest BCUT2D eigenvalue weighted by atomic mass is 15.2. The molecule has 5 heteroatoms. The number of anilines is 6. The number of hydrogen-bond donors (Lipinski definition) is 0. The van der Waals surface area contributed by atoms with E-state index in [-0.39, 0.29) is 44.6 Å². The zero-order valence-corrected chi connectivity index (χ0v) is 64.8. The Morgan fingerprint density at radius 1 is 0.267 bits per heavy atom. The standard InChI is InChI=1S/C100H99BN4/c1-94(2,3)68-34-26-64(27-35-68)67-56-91-93-92(57-67)103(72-40-30-63(31-41-72)66-33-45-80-82(55-66)100(16,17)53-51-98(80,12)13)90-61-74(105-86-25-21-19-23-76(86)78-59-70(96(7,8)9)37-49-88(78)105)43-47-84(90)101(93)83-46-42-73(104-85-24-20-18-22-75(85)77-58-69(95(4,5)6)36-48-87(77)104)60-89(83)102(91)71-38-28-62(29-39-71)65-32-44-79-81(54-65)99(14,15)52-50-97(79,10)11/h18-49,54-61H,50-53H2,1-17H3. The van der Waals surface area contributed by atoms with Crippen LogP contribution in [-0.2, 0) is 37.9 Å². The molecule has 2 aliphatic carbocycles. The predicted molar refractivity (Wildman–Crippen MR) is 452 cm³/mol. The normalized spacial score (nSPS) is 16.3. The van der Waals surface area contributed by atoms with Gasteiger partial charge in [-0.3, -0.25) is 0 Å². The van der Waals surface area contributed by atoms with E-state index in [9.17, 15) is 0 Å². The van der Waals surface area contributed by atoms with Gasteiger partial charge in [0.2, 0.25) is 0 Å². The maximum absolute atomic E-state index is 2.64. The van der Waals surface area contributed by atoms with Crippen molar-refractivity contribution in [2.75, 3.05) is 9.80 Å². The molecule has 0 unspecified atom stereocenters. The van der Waals surface area contributed by atoms with Crippen LogP contribution >= 0.6 is 0 Å². The first-order chi connectivity index (χ1) is 49.9. The molecule has 4 nitrogen and oxygen atoms in total. The number of fused-ring (bicyclic) bond motifs is 12. The molecule has 14 aromatic rings. The topological polar surface area (TPSA) is 16.3 Å². The summed E-state index contributed by atoms with van der Waals surface area (Å²) in [5.41, 5.74) is 35.4. The fourth-order valence-corrected chi connectivity index (χ4v) is 18.7. The summed E-state index contributed by atoms with van der Waals surface area (Å²) in [4.78, 5) is 5.27. The summed E-state index contributed by atoms with van der Waals surface area (Å²) in [5, 5.41) is 5.06. The van der Waals surface area contributed by atoms with Gasteiger partial charge in [-0.1, -0.05) is 263 Å². The average molecular weight is 1370 g/mol. The Kier molecular flexibility index (Phi) is 14.8. The second-order valence-corrected chi connectivity index (χ2v) is 37.2. The van der Waals surface area contributed by atoms with Gasteiger partial charge in [-0.15, -0.1) is 0 Å². The van der Waals surface area contributed by atoms with Gasteiger partial charge in [-0.25, -0.2) is 0 Å². The van der Waals surface area contributed by atoms with Crippen molar-refractivity contribution < 1.29 is 0 Å². The average Bonchev–Trinajstić information content (AvgIpc) is 0.870. The van der Waals surface area contributed by atoms with Gasteiger partial charge in [0.1, 0.15) is 0 Å². The van der Waals surface area contributed by atoms with Crippen LogP contribution in [0, 0.1) is 0 Å². The van der Waals surface area contributed by atoms with Crippen LogP contribution < -0.4 is 26.2 Å². The fraction of sp³-hybridized carbons (Fsp3) is 0.280. The third-order valence-corrected chi connectivity index (χ3v) is 25.3. The highest BCUT2D eigenvalue weighted by Crippen LogP contribution is 2.52. The molecule has 18 rings (SSSR count). The highest BCUT2D eigenvalue weighted by molar-refractivity contribution is 7.00. The number of rotatable bonds is 7. The van der Waals surface area contributed by atoms with E-state index in [2.05, 4.69) is 379 Å². The molecule has 12 aromatic carbocycles. The number of benzene rings is 12. The van der Waals surface area contributed by atoms with Gasteiger partial charge in [-0.2, -0.15) is 0 Å². The number of nitrogens with zero attached hydrogens (tertiary/aromatic N) is 4. The molecular formula is C100H99BN4. The first-order valence-electron chi connectivity index (χ1n) is 38.7. The van der Waals surface area contributed by atoms with Gasteiger partial charge in [0.15, 0.2) is 0 Å². The quantitative estimate of drug-likeness (QED) is 0.148. The Labute approximate surface area is 623 Å². The first kappa shape index (κ1) is 66.8. The number of hydrogen-bond acceptors (Lipinski definition) is 2. The smallest absolute Gasteiger partial charge is 0.252 e. The summed E-state index contributed by atoms with van der Waals surface area (Å²) in [6, 6.07) is 95.7. The molecule has 0 radical (unpaired) electrons. The third-order valence-electron chi connectivity index (χ3n) is 25.3. The van der Waals surface area contributed by atoms with Crippen LogP contribution in [0.5, 0.6) is 0 Å². The Bertz CT molecular complexity index is 5570. The van der Waals surface area contributed by atoms with Gasteiger partial charge in [0.25, 0.3) is 6.71 Å². The van der Waals surface area contributed by atoms with E-state index >= 15 is 0 Å². The maximum atomic E-state index is 2.64.